The first-order valence-electron chi connectivity index (χ1n) is 10.0. The first-order chi connectivity index (χ1) is 14.8. The maximum Gasteiger partial charge on any atom is 0.261 e. The zero-order valence-electron chi connectivity index (χ0n) is 18.1. The van der Waals surface area contributed by atoms with Crippen molar-refractivity contribution in [2.45, 2.75) is 31.9 Å². The van der Waals surface area contributed by atoms with Gasteiger partial charge < -0.3 is 19.5 Å². The number of rotatable bonds is 7. The van der Waals surface area contributed by atoms with Gasteiger partial charge in [-0.2, -0.15) is 0 Å². The fraction of sp³-hybridized carbons (Fsp3) is 0.409. The summed E-state index contributed by atoms with van der Waals surface area (Å²) in [6, 6.07) is 12.1. The Kier molecular flexibility index (Phi) is 6.94. The summed E-state index contributed by atoms with van der Waals surface area (Å²) in [6.45, 7) is 2.12. The van der Waals surface area contributed by atoms with Crippen LogP contribution < -0.4 is 23.8 Å². The summed E-state index contributed by atoms with van der Waals surface area (Å²) in [6.07, 6.45) is 1.21. The summed E-state index contributed by atoms with van der Waals surface area (Å²) in [5.41, 5.74) is 1.31. The summed E-state index contributed by atoms with van der Waals surface area (Å²) in [4.78, 5) is 13.1. The van der Waals surface area contributed by atoms with Crippen molar-refractivity contribution >= 4 is 21.6 Å². The van der Waals surface area contributed by atoms with Gasteiger partial charge in [0.1, 0.15) is 5.75 Å². The standard InChI is InChI=1S/C22H28N2O6S/c1-5-16(15-10-11-19(28-2)21(14-15)29-3)23-22(25)20-12-13-24(31(4,26)27)17-8-6-7-9-18(17)30-20/h6-11,14,16,20H,5,12-13H2,1-4H3,(H,23,25). The highest BCUT2D eigenvalue weighted by atomic mass is 32.2. The monoisotopic (exact) mass is 448 g/mol. The van der Waals surface area contributed by atoms with Gasteiger partial charge in [0, 0.05) is 13.0 Å². The highest BCUT2D eigenvalue weighted by Gasteiger charge is 2.32. The van der Waals surface area contributed by atoms with E-state index in [0.717, 1.165) is 11.8 Å². The summed E-state index contributed by atoms with van der Waals surface area (Å²) >= 11 is 0. The van der Waals surface area contributed by atoms with Crippen LogP contribution in [-0.2, 0) is 14.8 Å². The summed E-state index contributed by atoms with van der Waals surface area (Å²) in [5, 5.41) is 3.03. The molecule has 1 heterocycles. The van der Waals surface area contributed by atoms with Crippen LogP contribution in [0.25, 0.3) is 0 Å². The summed E-state index contributed by atoms with van der Waals surface area (Å²) in [5.74, 6) is 1.25. The van der Waals surface area contributed by atoms with Crippen molar-refractivity contribution < 1.29 is 27.4 Å². The first kappa shape index (κ1) is 22.7. The predicted octanol–water partition coefficient (Wildman–Crippen LogP) is 2.89. The maximum atomic E-state index is 13.1. The number of ether oxygens (including phenoxy) is 3. The smallest absolute Gasteiger partial charge is 0.261 e. The van der Waals surface area contributed by atoms with Crippen LogP contribution in [0.5, 0.6) is 17.2 Å². The van der Waals surface area contributed by atoms with Gasteiger partial charge in [-0.1, -0.05) is 25.1 Å². The topological polar surface area (TPSA) is 94.2 Å². The Bertz CT molecular complexity index is 1040. The van der Waals surface area contributed by atoms with E-state index in [4.69, 9.17) is 14.2 Å². The SMILES string of the molecule is CCC(NC(=O)C1CCN(S(C)(=O)=O)c2ccccc2O1)c1ccc(OC)c(OC)c1. The molecule has 3 rings (SSSR count). The van der Waals surface area contributed by atoms with Crippen molar-refractivity contribution in [2.24, 2.45) is 0 Å². The van der Waals surface area contributed by atoms with Crippen LogP contribution in [0.15, 0.2) is 42.5 Å². The van der Waals surface area contributed by atoms with E-state index in [1.165, 1.54) is 4.31 Å². The van der Waals surface area contributed by atoms with E-state index >= 15 is 0 Å². The lowest BCUT2D eigenvalue weighted by atomic mass is 10.0. The number of nitrogens with one attached hydrogen (secondary N) is 1. The molecular weight excluding hydrogens is 420 g/mol. The lowest BCUT2D eigenvalue weighted by Gasteiger charge is -2.22. The highest BCUT2D eigenvalue weighted by Crippen LogP contribution is 2.34. The molecule has 2 aromatic rings. The molecule has 0 bridgehead atoms. The molecule has 2 unspecified atom stereocenters. The third-order valence-electron chi connectivity index (χ3n) is 5.23. The zero-order valence-corrected chi connectivity index (χ0v) is 18.9. The molecule has 31 heavy (non-hydrogen) atoms. The van der Waals surface area contributed by atoms with Crippen LogP contribution in [-0.4, -0.2) is 47.4 Å². The van der Waals surface area contributed by atoms with Crippen molar-refractivity contribution in [3.05, 3.63) is 48.0 Å². The second-order valence-electron chi connectivity index (χ2n) is 7.28. The average molecular weight is 449 g/mol. The molecule has 1 aliphatic rings. The zero-order chi connectivity index (χ0) is 22.6. The number of fused-ring (bicyclic) bond motifs is 1. The van der Waals surface area contributed by atoms with Crippen molar-refractivity contribution in [1.29, 1.82) is 0 Å². The van der Waals surface area contributed by atoms with Crippen LogP contribution in [0, 0.1) is 0 Å². The van der Waals surface area contributed by atoms with Crippen molar-refractivity contribution in [3.8, 4) is 17.2 Å². The van der Waals surface area contributed by atoms with Crippen LogP contribution in [0.4, 0.5) is 5.69 Å². The quantitative estimate of drug-likeness (QED) is 0.700. The van der Waals surface area contributed by atoms with Crippen molar-refractivity contribution in [1.82, 2.24) is 5.32 Å². The molecule has 2 atom stereocenters. The van der Waals surface area contributed by atoms with E-state index in [1.54, 1.807) is 44.6 Å². The van der Waals surface area contributed by atoms with Crippen molar-refractivity contribution in [2.75, 3.05) is 31.3 Å². The largest absolute Gasteiger partial charge is 0.493 e. The minimum absolute atomic E-state index is 0.154. The van der Waals surface area contributed by atoms with Crippen LogP contribution >= 0.6 is 0 Å². The molecule has 1 amide bonds. The number of sulfonamides is 1. The van der Waals surface area contributed by atoms with E-state index in [1.807, 2.05) is 19.1 Å². The molecular formula is C22H28N2O6S. The molecule has 0 aromatic heterocycles. The Balaban J connectivity index is 1.81. The van der Waals surface area contributed by atoms with Gasteiger partial charge in [0.15, 0.2) is 17.6 Å². The second-order valence-corrected chi connectivity index (χ2v) is 9.19. The molecule has 0 saturated heterocycles. The number of benzene rings is 2. The number of hydrogen-bond acceptors (Lipinski definition) is 6. The molecule has 2 aromatic carbocycles. The van der Waals surface area contributed by atoms with Gasteiger partial charge in [-0.3, -0.25) is 9.10 Å². The molecule has 8 nitrogen and oxygen atoms in total. The highest BCUT2D eigenvalue weighted by molar-refractivity contribution is 7.92. The predicted molar refractivity (Wildman–Crippen MR) is 118 cm³/mol. The molecule has 0 saturated carbocycles. The van der Waals surface area contributed by atoms with Crippen LogP contribution in [0.3, 0.4) is 0 Å². The Morgan fingerprint density at radius 3 is 2.55 bits per heavy atom. The Labute approximate surface area is 183 Å². The van der Waals surface area contributed by atoms with Gasteiger partial charge in [-0.25, -0.2) is 8.42 Å². The molecule has 0 fully saturated rings. The normalized spacial score (nSPS) is 17.0. The average Bonchev–Trinajstić information content (AvgIpc) is 2.96. The number of nitrogens with zero attached hydrogens (tertiary/aromatic N) is 1. The minimum atomic E-state index is -3.50. The van der Waals surface area contributed by atoms with E-state index in [0.29, 0.717) is 29.4 Å². The maximum absolute atomic E-state index is 13.1. The van der Waals surface area contributed by atoms with Gasteiger partial charge in [-0.05, 0) is 36.2 Å². The van der Waals surface area contributed by atoms with Gasteiger partial charge >= 0.3 is 0 Å². The Hall–Kier alpha value is -2.94. The molecule has 1 aliphatic heterocycles. The summed E-state index contributed by atoms with van der Waals surface area (Å²) in [7, 11) is -0.373. The minimum Gasteiger partial charge on any atom is -0.493 e. The second kappa shape index (κ2) is 9.47. The first-order valence-corrected chi connectivity index (χ1v) is 11.9. The fourth-order valence-electron chi connectivity index (χ4n) is 3.61. The van der Waals surface area contributed by atoms with E-state index in [2.05, 4.69) is 5.32 Å². The van der Waals surface area contributed by atoms with E-state index < -0.39 is 16.1 Å². The number of hydrogen-bond donors (Lipinski definition) is 1. The van der Waals surface area contributed by atoms with E-state index in [9.17, 15) is 13.2 Å². The molecule has 9 heteroatoms. The third-order valence-corrected chi connectivity index (χ3v) is 6.40. The molecule has 1 N–H and O–H groups in total. The lowest BCUT2D eigenvalue weighted by Crippen LogP contribution is -2.41. The van der Waals surface area contributed by atoms with Gasteiger partial charge in [0.25, 0.3) is 5.91 Å². The number of carbonyl (C=O) groups is 1. The molecule has 168 valence electrons. The van der Waals surface area contributed by atoms with Crippen molar-refractivity contribution in [3.63, 3.8) is 0 Å². The van der Waals surface area contributed by atoms with E-state index in [-0.39, 0.29) is 24.9 Å². The number of anilines is 1. The molecule has 0 spiro atoms. The lowest BCUT2D eigenvalue weighted by molar-refractivity contribution is -0.128. The Morgan fingerprint density at radius 2 is 1.90 bits per heavy atom. The van der Waals surface area contributed by atoms with Crippen LogP contribution in [0.2, 0.25) is 0 Å². The third kappa shape index (κ3) is 5.04. The molecule has 0 radical (unpaired) electrons. The fourth-order valence-corrected chi connectivity index (χ4v) is 4.56. The van der Waals surface area contributed by atoms with Gasteiger partial charge in [0.2, 0.25) is 10.0 Å². The summed E-state index contributed by atoms with van der Waals surface area (Å²) < 4.78 is 42.4. The molecule has 0 aliphatic carbocycles. The number of methoxy groups -OCH3 is 2. The number of amides is 1. The van der Waals surface area contributed by atoms with Gasteiger partial charge in [-0.15, -0.1) is 0 Å². The number of para-hydroxylation sites is 2. The Morgan fingerprint density at radius 1 is 1.19 bits per heavy atom. The number of carbonyl (C=O) groups excluding carboxylic acids is 1. The van der Waals surface area contributed by atoms with Gasteiger partial charge in [0.05, 0.1) is 32.2 Å². The van der Waals surface area contributed by atoms with Crippen LogP contribution in [0.1, 0.15) is 31.4 Å².